The molecule has 2 rings (SSSR count). The summed E-state index contributed by atoms with van der Waals surface area (Å²) < 4.78 is 0. The largest absolute Gasteiger partial charge is 0.316 e. The molecule has 1 aliphatic carbocycles. The van der Waals surface area contributed by atoms with Crippen LogP contribution in [0.25, 0.3) is 5.57 Å². The Kier molecular flexibility index (Phi) is 3.00. The van der Waals surface area contributed by atoms with Crippen LogP contribution in [0.15, 0.2) is 30.3 Å². The van der Waals surface area contributed by atoms with E-state index in [1.165, 1.54) is 36.0 Å². The molecular weight excluding hydrogens is 170 g/mol. The molecule has 0 unspecified atom stereocenters. The van der Waals surface area contributed by atoms with Gasteiger partial charge in [0.15, 0.2) is 0 Å². The highest BCUT2D eigenvalue weighted by Gasteiger charge is 2.09. The maximum atomic E-state index is 3.22. The molecule has 0 radical (unpaired) electrons. The Morgan fingerprint density at radius 3 is 2.86 bits per heavy atom. The highest BCUT2D eigenvalue weighted by atomic mass is 14.8. The fourth-order valence-electron chi connectivity index (χ4n) is 2.09. The van der Waals surface area contributed by atoms with Crippen molar-refractivity contribution in [2.24, 2.45) is 0 Å². The lowest BCUT2D eigenvalue weighted by molar-refractivity contribution is 0.814. The number of nitrogens with one attached hydrogen (secondary N) is 1. The van der Waals surface area contributed by atoms with Gasteiger partial charge in [-0.25, -0.2) is 0 Å². The zero-order valence-corrected chi connectivity index (χ0v) is 8.72. The number of hydrogen-bond acceptors (Lipinski definition) is 1. The molecule has 0 amide bonds. The predicted octanol–water partition coefficient (Wildman–Crippen LogP) is 2.97. The molecule has 74 valence electrons. The van der Waals surface area contributed by atoms with Crippen molar-refractivity contribution in [3.05, 3.63) is 41.5 Å². The van der Waals surface area contributed by atoms with Gasteiger partial charge in [-0.15, -0.1) is 0 Å². The normalized spacial score (nSPS) is 15.6. The Balaban J connectivity index is 2.31. The SMILES string of the molecule is CNCc1ccccc1C1=CCCC1. The van der Waals surface area contributed by atoms with E-state index in [9.17, 15) is 0 Å². The Bertz CT molecular complexity index is 339. The summed E-state index contributed by atoms with van der Waals surface area (Å²) in [6.45, 7) is 0.966. The van der Waals surface area contributed by atoms with Crippen molar-refractivity contribution in [1.82, 2.24) is 5.32 Å². The average Bonchev–Trinajstić information content (AvgIpc) is 2.72. The first-order valence-electron chi connectivity index (χ1n) is 5.33. The van der Waals surface area contributed by atoms with E-state index in [-0.39, 0.29) is 0 Å². The molecule has 0 heterocycles. The van der Waals surface area contributed by atoms with E-state index in [0.29, 0.717) is 0 Å². The third-order valence-corrected chi connectivity index (χ3v) is 2.77. The van der Waals surface area contributed by atoms with Gasteiger partial charge in [-0.1, -0.05) is 30.3 Å². The van der Waals surface area contributed by atoms with Crippen LogP contribution in [0.4, 0.5) is 0 Å². The maximum Gasteiger partial charge on any atom is 0.0208 e. The molecule has 0 spiro atoms. The van der Waals surface area contributed by atoms with Gasteiger partial charge in [0, 0.05) is 6.54 Å². The van der Waals surface area contributed by atoms with Gasteiger partial charge in [0.1, 0.15) is 0 Å². The minimum atomic E-state index is 0.966. The third-order valence-electron chi connectivity index (χ3n) is 2.77. The van der Waals surface area contributed by atoms with E-state index < -0.39 is 0 Å². The molecule has 14 heavy (non-hydrogen) atoms. The fraction of sp³-hybridized carbons (Fsp3) is 0.385. The van der Waals surface area contributed by atoms with E-state index in [4.69, 9.17) is 0 Å². The summed E-state index contributed by atoms with van der Waals surface area (Å²) in [5, 5.41) is 3.22. The summed E-state index contributed by atoms with van der Waals surface area (Å²) in [4.78, 5) is 0. The monoisotopic (exact) mass is 187 g/mol. The highest BCUT2D eigenvalue weighted by molar-refractivity contribution is 5.69. The molecule has 0 fully saturated rings. The van der Waals surface area contributed by atoms with Gasteiger partial charge in [-0.2, -0.15) is 0 Å². The second-order valence-electron chi connectivity index (χ2n) is 3.81. The molecule has 1 aromatic rings. The summed E-state index contributed by atoms with van der Waals surface area (Å²) in [7, 11) is 2.00. The zero-order valence-electron chi connectivity index (χ0n) is 8.72. The van der Waals surface area contributed by atoms with Crippen molar-refractivity contribution < 1.29 is 0 Å². The van der Waals surface area contributed by atoms with Crippen LogP contribution in [-0.4, -0.2) is 7.05 Å². The van der Waals surface area contributed by atoms with Gasteiger partial charge < -0.3 is 5.32 Å². The van der Waals surface area contributed by atoms with Crippen LogP contribution in [0.5, 0.6) is 0 Å². The quantitative estimate of drug-likeness (QED) is 0.767. The summed E-state index contributed by atoms with van der Waals surface area (Å²) in [5.74, 6) is 0. The molecule has 0 aliphatic heterocycles. The van der Waals surface area contributed by atoms with E-state index in [2.05, 4.69) is 35.7 Å². The molecule has 1 aliphatic rings. The number of benzene rings is 1. The first kappa shape index (κ1) is 9.47. The maximum absolute atomic E-state index is 3.22. The van der Waals surface area contributed by atoms with Crippen molar-refractivity contribution >= 4 is 5.57 Å². The Morgan fingerprint density at radius 2 is 2.14 bits per heavy atom. The second-order valence-corrected chi connectivity index (χ2v) is 3.81. The van der Waals surface area contributed by atoms with E-state index in [1.54, 1.807) is 0 Å². The number of rotatable bonds is 3. The van der Waals surface area contributed by atoms with Crippen LogP contribution in [0, 0.1) is 0 Å². The van der Waals surface area contributed by atoms with Crippen LogP contribution < -0.4 is 5.32 Å². The van der Waals surface area contributed by atoms with Gasteiger partial charge in [0.25, 0.3) is 0 Å². The summed E-state index contributed by atoms with van der Waals surface area (Å²) in [6, 6.07) is 8.70. The van der Waals surface area contributed by atoms with Crippen LogP contribution in [0.1, 0.15) is 30.4 Å². The van der Waals surface area contributed by atoms with Crippen molar-refractivity contribution in [3.63, 3.8) is 0 Å². The minimum Gasteiger partial charge on any atom is -0.316 e. The highest BCUT2D eigenvalue weighted by Crippen LogP contribution is 2.29. The predicted molar refractivity (Wildman–Crippen MR) is 61.0 cm³/mol. The Labute approximate surface area is 85.8 Å². The first-order valence-corrected chi connectivity index (χ1v) is 5.33. The number of hydrogen-bond donors (Lipinski definition) is 1. The van der Waals surface area contributed by atoms with Crippen LogP contribution in [0.3, 0.4) is 0 Å². The summed E-state index contributed by atoms with van der Waals surface area (Å²) >= 11 is 0. The molecule has 1 N–H and O–H groups in total. The standard InChI is InChI=1S/C13H17N/c1-14-10-12-8-4-5-9-13(12)11-6-2-3-7-11/h4-6,8-9,14H,2-3,7,10H2,1H3. The molecule has 0 atom stereocenters. The van der Waals surface area contributed by atoms with Gasteiger partial charge in [0.2, 0.25) is 0 Å². The Hall–Kier alpha value is -1.08. The zero-order chi connectivity index (χ0) is 9.80. The number of allylic oxidation sites excluding steroid dienone is 2. The molecule has 1 heteroatoms. The minimum absolute atomic E-state index is 0.966. The van der Waals surface area contributed by atoms with Gasteiger partial charge in [-0.05, 0) is 43.0 Å². The molecule has 0 saturated carbocycles. The average molecular weight is 187 g/mol. The molecule has 0 saturated heterocycles. The summed E-state index contributed by atoms with van der Waals surface area (Å²) in [5.41, 5.74) is 4.40. The van der Waals surface area contributed by atoms with Gasteiger partial charge >= 0.3 is 0 Å². The smallest absolute Gasteiger partial charge is 0.0208 e. The molecule has 1 nitrogen and oxygen atoms in total. The van der Waals surface area contributed by atoms with Crippen LogP contribution in [0.2, 0.25) is 0 Å². The van der Waals surface area contributed by atoms with Crippen molar-refractivity contribution in [2.75, 3.05) is 7.05 Å². The third kappa shape index (κ3) is 1.88. The second kappa shape index (κ2) is 4.43. The molecule has 0 aromatic heterocycles. The van der Waals surface area contributed by atoms with Crippen molar-refractivity contribution in [2.45, 2.75) is 25.8 Å². The van der Waals surface area contributed by atoms with E-state index >= 15 is 0 Å². The van der Waals surface area contributed by atoms with Crippen LogP contribution >= 0.6 is 0 Å². The van der Waals surface area contributed by atoms with Crippen molar-refractivity contribution in [1.29, 1.82) is 0 Å². The topological polar surface area (TPSA) is 12.0 Å². The van der Waals surface area contributed by atoms with E-state index in [1.807, 2.05) is 7.05 Å². The lowest BCUT2D eigenvalue weighted by atomic mass is 9.99. The summed E-state index contributed by atoms with van der Waals surface area (Å²) in [6.07, 6.45) is 6.21. The van der Waals surface area contributed by atoms with Crippen LogP contribution in [-0.2, 0) is 6.54 Å². The lowest BCUT2D eigenvalue weighted by Gasteiger charge is -2.09. The van der Waals surface area contributed by atoms with Gasteiger partial charge in [0.05, 0.1) is 0 Å². The van der Waals surface area contributed by atoms with Gasteiger partial charge in [-0.3, -0.25) is 0 Å². The fourth-order valence-corrected chi connectivity index (χ4v) is 2.09. The molecular formula is C13H17N. The van der Waals surface area contributed by atoms with Crippen molar-refractivity contribution in [3.8, 4) is 0 Å². The molecule has 0 bridgehead atoms. The molecule has 1 aromatic carbocycles. The first-order chi connectivity index (χ1) is 6.92. The lowest BCUT2D eigenvalue weighted by Crippen LogP contribution is -2.07. The van der Waals surface area contributed by atoms with E-state index in [0.717, 1.165) is 6.54 Å². The Morgan fingerprint density at radius 1 is 1.29 bits per heavy atom.